The van der Waals surface area contributed by atoms with Crippen molar-refractivity contribution >= 4 is 5.91 Å². The van der Waals surface area contributed by atoms with Gasteiger partial charge < -0.3 is 11.5 Å². The maximum Gasteiger partial charge on any atom is 0.231 e. The summed E-state index contributed by atoms with van der Waals surface area (Å²) in [6.07, 6.45) is 0. The maximum absolute atomic E-state index is 13.4. The Labute approximate surface area is 106 Å². The topological polar surface area (TPSA) is 72.3 Å². The van der Waals surface area contributed by atoms with Crippen LogP contribution in [-0.2, 0) is 11.3 Å². The number of carbonyl (C=O) groups excluding carboxylic acids is 1. The lowest BCUT2D eigenvalue weighted by atomic mass is 10.1. The molecule has 0 atom stereocenters. The molecule has 1 rings (SSSR count). The third-order valence-electron chi connectivity index (χ3n) is 2.17. The fraction of sp³-hybridized carbons (Fsp3) is 0.308. The standard InChI is InChI=1S/C13H16FN3O/c1-17(9-13(16)18)8-11-5-10(3-2-4-15)6-12(14)7-11/h5-7H,4,8-9,15H2,1H3,(H2,16,18). The van der Waals surface area contributed by atoms with E-state index >= 15 is 0 Å². The molecule has 0 bridgehead atoms. The molecule has 18 heavy (non-hydrogen) atoms. The van der Waals surface area contributed by atoms with Crippen LogP contribution >= 0.6 is 0 Å². The third kappa shape index (κ3) is 4.95. The van der Waals surface area contributed by atoms with Gasteiger partial charge in [0.05, 0.1) is 13.1 Å². The number of halogens is 1. The van der Waals surface area contributed by atoms with E-state index in [1.807, 2.05) is 0 Å². The Morgan fingerprint density at radius 2 is 2.17 bits per heavy atom. The molecule has 96 valence electrons. The first kappa shape index (κ1) is 14.2. The molecular formula is C13H16FN3O. The third-order valence-corrected chi connectivity index (χ3v) is 2.17. The van der Waals surface area contributed by atoms with Gasteiger partial charge in [-0.3, -0.25) is 9.69 Å². The maximum atomic E-state index is 13.4. The Hall–Kier alpha value is -1.90. The Morgan fingerprint density at radius 1 is 1.44 bits per heavy atom. The van der Waals surface area contributed by atoms with Crippen molar-refractivity contribution in [2.24, 2.45) is 11.5 Å². The molecule has 0 radical (unpaired) electrons. The summed E-state index contributed by atoms with van der Waals surface area (Å²) >= 11 is 0. The first-order valence-corrected chi connectivity index (χ1v) is 5.46. The highest BCUT2D eigenvalue weighted by molar-refractivity contribution is 5.75. The van der Waals surface area contributed by atoms with Crippen molar-refractivity contribution < 1.29 is 9.18 Å². The fourth-order valence-electron chi connectivity index (χ4n) is 1.60. The van der Waals surface area contributed by atoms with Gasteiger partial charge in [0.25, 0.3) is 0 Å². The number of carbonyl (C=O) groups is 1. The van der Waals surface area contributed by atoms with Crippen molar-refractivity contribution in [3.05, 3.63) is 35.1 Å². The molecule has 0 unspecified atom stereocenters. The van der Waals surface area contributed by atoms with E-state index < -0.39 is 5.91 Å². The minimum atomic E-state index is -0.419. The zero-order chi connectivity index (χ0) is 13.5. The molecule has 0 aliphatic carbocycles. The summed E-state index contributed by atoms with van der Waals surface area (Å²) in [4.78, 5) is 12.5. The molecule has 0 aliphatic rings. The van der Waals surface area contributed by atoms with Gasteiger partial charge in [0, 0.05) is 12.1 Å². The number of amides is 1. The number of hydrogen-bond acceptors (Lipinski definition) is 3. The summed E-state index contributed by atoms with van der Waals surface area (Å²) in [6.45, 7) is 0.783. The Bertz CT molecular complexity index is 491. The first-order chi connectivity index (χ1) is 8.51. The summed E-state index contributed by atoms with van der Waals surface area (Å²) in [5.41, 5.74) is 11.7. The van der Waals surface area contributed by atoms with Crippen LogP contribution in [0.25, 0.3) is 0 Å². The first-order valence-electron chi connectivity index (χ1n) is 5.46. The number of hydrogen-bond donors (Lipinski definition) is 2. The van der Waals surface area contributed by atoms with Crippen LogP contribution in [0.1, 0.15) is 11.1 Å². The molecule has 4 nitrogen and oxygen atoms in total. The van der Waals surface area contributed by atoms with Crippen molar-refractivity contribution in [1.82, 2.24) is 4.90 Å². The molecule has 0 heterocycles. The number of nitrogens with two attached hydrogens (primary N) is 2. The lowest BCUT2D eigenvalue weighted by Crippen LogP contribution is -2.30. The Balaban J connectivity index is 2.82. The van der Waals surface area contributed by atoms with E-state index in [0.29, 0.717) is 12.1 Å². The number of primary amides is 1. The van der Waals surface area contributed by atoms with E-state index in [1.165, 1.54) is 12.1 Å². The van der Waals surface area contributed by atoms with E-state index in [9.17, 15) is 9.18 Å². The summed E-state index contributed by atoms with van der Waals surface area (Å²) in [5.74, 6) is 4.66. The van der Waals surface area contributed by atoms with Crippen molar-refractivity contribution in [2.45, 2.75) is 6.54 Å². The number of rotatable bonds is 4. The zero-order valence-corrected chi connectivity index (χ0v) is 10.2. The molecule has 1 aromatic carbocycles. The summed E-state index contributed by atoms with van der Waals surface area (Å²) in [7, 11) is 1.74. The van der Waals surface area contributed by atoms with Gasteiger partial charge in [0.2, 0.25) is 5.91 Å². The average Bonchev–Trinajstić information content (AvgIpc) is 2.24. The summed E-state index contributed by atoms with van der Waals surface area (Å²) in [6, 6.07) is 4.52. The predicted octanol–water partition coefficient (Wildman–Crippen LogP) is 0.0530. The molecule has 1 amide bonds. The normalized spacial score (nSPS) is 10.0. The molecule has 0 saturated carbocycles. The van der Waals surface area contributed by atoms with Crippen LogP contribution < -0.4 is 11.5 Å². The minimum absolute atomic E-state index is 0.125. The average molecular weight is 249 g/mol. The molecule has 1 aromatic rings. The van der Waals surface area contributed by atoms with Crippen LogP contribution in [0.5, 0.6) is 0 Å². The minimum Gasteiger partial charge on any atom is -0.369 e. The van der Waals surface area contributed by atoms with Crippen molar-refractivity contribution in [2.75, 3.05) is 20.1 Å². The second-order valence-corrected chi connectivity index (χ2v) is 3.99. The van der Waals surface area contributed by atoms with E-state index in [1.54, 1.807) is 18.0 Å². The van der Waals surface area contributed by atoms with Crippen molar-refractivity contribution in [3.8, 4) is 11.8 Å². The second-order valence-electron chi connectivity index (χ2n) is 3.99. The van der Waals surface area contributed by atoms with Crippen molar-refractivity contribution in [3.63, 3.8) is 0 Å². The molecule has 0 fully saturated rings. The monoisotopic (exact) mass is 249 g/mol. The van der Waals surface area contributed by atoms with Gasteiger partial charge in [0.1, 0.15) is 5.82 Å². The van der Waals surface area contributed by atoms with Crippen LogP contribution in [0, 0.1) is 17.7 Å². The van der Waals surface area contributed by atoms with Crippen LogP contribution in [-0.4, -0.2) is 30.9 Å². The van der Waals surface area contributed by atoms with Crippen molar-refractivity contribution in [1.29, 1.82) is 0 Å². The molecule has 0 spiro atoms. The largest absolute Gasteiger partial charge is 0.369 e. The lowest BCUT2D eigenvalue weighted by Gasteiger charge is -2.14. The van der Waals surface area contributed by atoms with Gasteiger partial charge in [-0.15, -0.1) is 0 Å². The van der Waals surface area contributed by atoms with Gasteiger partial charge in [-0.25, -0.2) is 4.39 Å². The molecule has 0 aromatic heterocycles. The number of nitrogens with zero attached hydrogens (tertiary/aromatic N) is 1. The van der Waals surface area contributed by atoms with E-state index in [-0.39, 0.29) is 18.9 Å². The number of likely N-dealkylation sites (N-methyl/N-ethyl adjacent to an activating group) is 1. The molecular weight excluding hydrogens is 233 g/mol. The van der Waals surface area contributed by atoms with Crippen LogP contribution in [0.2, 0.25) is 0 Å². The fourth-order valence-corrected chi connectivity index (χ4v) is 1.60. The Kier molecular flexibility index (Phi) is 5.31. The van der Waals surface area contributed by atoms with Gasteiger partial charge in [0.15, 0.2) is 0 Å². The van der Waals surface area contributed by atoms with E-state index in [2.05, 4.69) is 11.8 Å². The Morgan fingerprint density at radius 3 is 2.78 bits per heavy atom. The van der Waals surface area contributed by atoms with Gasteiger partial charge in [-0.2, -0.15) is 0 Å². The van der Waals surface area contributed by atoms with Gasteiger partial charge in [-0.1, -0.05) is 11.8 Å². The zero-order valence-electron chi connectivity index (χ0n) is 10.2. The molecule has 4 N–H and O–H groups in total. The summed E-state index contributed by atoms with van der Waals surface area (Å²) < 4.78 is 13.4. The quantitative estimate of drug-likeness (QED) is 0.741. The summed E-state index contributed by atoms with van der Waals surface area (Å²) in [5, 5.41) is 0. The van der Waals surface area contributed by atoms with Gasteiger partial charge >= 0.3 is 0 Å². The van der Waals surface area contributed by atoms with E-state index in [0.717, 1.165) is 5.56 Å². The van der Waals surface area contributed by atoms with Crippen LogP contribution in [0.4, 0.5) is 4.39 Å². The second kappa shape index (κ2) is 6.74. The SMILES string of the molecule is CN(CC(N)=O)Cc1cc(F)cc(C#CCN)c1. The molecule has 0 saturated heterocycles. The van der Waals surface area contributed by atoms with Crippen LogP contribution in [0.15, 0.2) is 18.2 Å². The predicted molar refractivity (Wildman–Crippen MR) is 67.9 cm³/mol. The van der Waals surface area contributed by atoms with Gasteiger partial charge in [-0.05, 0) is 30.8 Å². The highest BCUT2D eigenvalue weighted by Gasteiger charge is 2.05. The van der Waals surface area contributed by atoms with E-state index in [4.69, 9.17) is 11.5 Å². The lowest BCUT2D eigenvalue weighted by molar-refractivity contribution is -0.118. The smallest absolute Gasteiger partial charge is 0.231 e. The molecule has 0 aliphatic heterocycles. The number of benzene rings is 1. The molecule has 5 heteroatoms. The highest BCUT2D eigenvalue weighted by Crippen LogP contribution is 2.10. The van der Waals surface area contributed by atoms with Crippen LogP contribution in [0.3, 0.4) is 0 Å². The highest BCUT2D eigenvalue weighted by atomic mass is 19.1.